The molecule has 2 heteroatoms. The van der Waals surface area contributed by atoms with Gasteiger partial charge in [-0.2, -0.15) is 0 Å². The molecule has 1 fully saturated rings. The van der Waals surface area contributed by atoms with Crippen LogP contribution in [0.3, 0.4) is 0 Å². The van der Waals surface area contributed by atoms with Gasteiger partial charge in [0, 0.05) is 19.0 Å². The lowest BCUT2D eigenvalue weighted by atomic mass is 10.1. The fourth-order valence-corrected chi connectivity index (χ4v) is 2.19. The van der Waals surface area contributed by atoms with E-state index in [-0.39, 0.29) is 5.92 Å². The van der Waals surface area contributed by atoms with Crippen LogP contribution in [0.25, 0.3) is 0 Å². The van der Waals surface area contributed by atoms with Gasteiger partial charge in [-0.3, -0.25) is 4.79 Å². The van der Waals surface area contributed by atoms with E-state index in [1.165, 1.54) is 44.9 Å². The summed E-state index contributed by atoms with van der Waals surface area (Å²) in [7, 11) is 0. The minimum Gasteiger partial charge on any atom is -0.342 e. The van der Waals surface area contributed by atoms with Crippen molar-refractivity contribution in [3.63, 3.8) is 0 Å². The number of carbonyl (C=O) groups excluding carboxylic acids is 1. The second kappa shape index (κ2) is 6.86. The van der Waals surface area contributed by atoms with E-state index >= 15 is 0 Å². The number of carbonyl (C=O) groups is 1. The van der Waals surface area contributed by atoms with Gasteiger partial charge >= 0.3 is 0 Å². The van der Waals surface area contributed by atoms with Crippen LogP contribution >= 0.6 is 0 Å². The average molecular weight is 211 g/mol. The SMILES string of the molecule is CC(C)C(=O)N1CCCCCCCCC1. The summed E-state index contributed by atoms with van der Waals surface area (Å²) < 4.78 is 0. The second-order valence-corrected chi connectivity index (χ2v) is 4.95. The first-order valence-corrected chi connectivity index (χ1v) is 6.50. The molecule has 0 aromatic rings. The fourth-order valence-electron chi connectivity index (χ4n) is 2.19. The molecule has 0 atom stereocenters. The molecule has 0 aromatic heterocycles. The van der Waals surface area contributed by atoms with Crippen molar-refractivity contribution in [2.45, 2.75) is 58.8 Å². The highest BCUT2D eigenvalue weighted by Gasteiger charge is 2.16. The molecule has 0 aliphatic carbocycles. The first-order chi connectivity index (χ1) is 7.22. The number of amides is 1. The molecular weight excluding hydrogens is 186 g/mol. The number of hydrogen-bond acceptors (Lipinski definition) is 1. The van der Waals surface area contributed by atoms with Crippen molar-refractivity contribution in [1.29, 1.82) is 0 Å². The van der Waals surface area contributed by atoms with E-state index in [9.17, 15) is 4.79 Å². The van der Waals surface area contributed by atoms with Gasteiger partial charge in [0.25, 0.3) is 0 Å². The Bertz CT molecular complexity index is 179. The summed E-state index contributed by atoms with van der Waals surface area (Å²) in [5.41, 5.74) is 0. The molecule has 1 rings (SSSR count). The summed E-state index contributed by atoms with van der Waals surface area (Å²) in [5.74, 6) is 0.503. The van der Waals surface area contributed by atoms with Crippen molar-refractivity contribution >= 4 is 5.91 Å². The third-order valence-electron chi connectivity index (χ3n) is 3.16. The number of hydrogen-bond donors (Lipinski definition) is 0. The maximum Gasteiger partial charge on any atom is 0.225 e. The summed E-state index contributed by atoms with van der Waals surface area (Å²) in [6.45, 7) is 5.97. The Morgan fingerprint density at radius 2 is 1.27 bits per heavy atom. The number of nitrogens with zero attached hydrogens (tertiary/aromatic N) is 1. The Hall–Kier alpha value is -0.530. The van der Waals surface area contributed by atoms with Crippen LogP contribution in [-0.4, -0.2) is 23.9 Å². The molecule has 1 saturated heterocycles. The molecule has 1 amide bonds. The van der Waals surface area contributed by atoms with Gasteiger partial charge in [0.15, 0.2) is 0 Å². The topological polar surface area (TPSA) is 20.3 Å². The zero-order valence-corrected chi connectivity index (χ0v) is 10.3. The Morgan fingerprint density at radius 1 is 0.867 bits per heavy atom. The lowest BCUT2D eigenvalue weighted by Crippen LogP contribution is -2.36. The molecule has 0 N–H and O–H groups in total. The summed E-state index contributed by atoms with van der Waals surface area (Å²) in [4.78, 5) is 14.0. The van der Waals surface area contributed by atoms with Crippen molar-refractivity contribution in [2.75, 3.05) is 13.1 Å². The van der Waals surface area contributed by atoms with Crippen LogP contribution in [0, 0.1) is 5.92 Å². The monoisotopic (exact) mass is 211 g/mol. The maximum absolute atomic E-state index is 11.9. The van der Waals surface area contributed by atoms with Gasteiger partial charge in [-0.05, 0) is 12.8 Å². The van der Waals surface area contributed by atoms with Crippen molar-refractivity contribution < 1.29 is 4.79 Å². The van der Waals surface area contributed by atoms with Crippen LogP contribution in [0.4, 0.5) is 0 Å². The van der Waals surface area contributed by atoms with Gasteiger partial charge in [0.1, 0.15) is 0 Å². The predicted octanol–water partition coefficient (Wildman–Crippen LogP) is 3.22. The predicted molar refractivity (Wildman–Crippen MR) is 63.7 cm³/mol. The molecule has 0 unspecified atom stereocenters. The molecule has 0 spiro atoms. The summed E-state index contributed by atoms with van der Waals surface area (Å²) in [5, 5.41) is 0. The molecule has 0 saturated carbocycles. The van der Waals surface area contributed by atoms with Crippen molar-refractivity contribution in [2.24, 2.45) is 5.92 Å². The van der Waals surface area contributed by atoms with Gasteiger partial charge in [0.05, 0.1) is 0 Å². The minimum absolute atomic E-state index is 0.160. The molecule has 0 aromatic carbocycles. The first kappa shape index (κ1) is 12.5. The fraction of sp³-hybridized carbons (Fsp3) is 0.923. The third-order valence-corrected chi connectivity index (χ3v) is 3.16. The van der Waals surface area contributed by atoms with Gasteiger partial charge in [0.2, 0.25) is 5.91 Å². The van der Waals surface area contributed by atoms with E-state index in [2.05, 4.69) is 4.90 Å². The van der Waals surface area contributed by atoms with Crippen molar-refractivity contribution in [3.8, 4) is 0 Å². The Kier molecular flexibility index (Phi) is 5.74. The van der Waals surface area contributed by atoms with E-state index in [1.807, 2.05) is 13.8 Å². The molecule has 0 radical (unpaired) electrons. The maximum atomic E-state index is 11.9. The Morgan fingerprint density at radius 3 is 1.67 bits per heavy atom. The van der Waals surface area contributed by atoms with Crippen LogP contribution in [0.2, 0.25) is 0 Å². The van der Waals surface area contributed by atoms with Crippen LogP contribution in [0.1, 0.15) is 58.8 Å². The standard InChI is InChI=1S/C13H25NO/c1-12(2)13(15)14-10-8-6-4-3-5-7-9-11-14/h12H,3-11H2,1-2H3. The van der Waals surface area contributed by atoms with E-state index < -0.39 is 0 Å². The van der Waals surface area contributed by atoms with Crippen molar-refractivity contribution in [3.05, 3.63) is 0 Å². The van der Waals surface area contributed by atoms with Crippen LogP contribution in [0.15, 0.2) is 0 Å². The smallest absolute Gasteiger partial charge is 0.225 e. The zero-order chi connectivity index (χ0) is 11.1. The molecule has 15 heavy (non-hydrogen) atoms. The van der Waals surface area contributed by atoms with E-state index in [4.69, 9.17) is 0 Å². The summed E-state index contributed by atoms with van der Waals surface area (Å²) in [6.07, 6.45) is 9.06. The van der Waals surface area contributed by atoms with Crippen LogP contribution in [-0.2, 0) is 4.79 Å². The minimum atomic E-state index is 0.160. The molecule has 88 valence electrons. The van der Waals surface area contributed by atoms with Gasteiger partial charge in [-0.25, -0.2) is 0 Å². The third kappa shape index (κ3) is 4.67. The number of rotatable bonds is 1. The lowest BCUT2D eigenvalue weighted by Gasteiger charge is -2.25. The van der Waals surface area contributed by atoms with Gasteiger partial charge < -0.3 is 4.90 Å². The lowest BCUT2D eigenvalue weighted by molar-refractivity contribution is -0.134. The Balaban J connectivity index is 2.41. The first-order valence-electron chi connectivity index (χ1n) is 6.50. The van der Waals surface area contributed by atoms with Gasteiger partial charge in [-0.15, -0.1) is 0 Å². The summed E-state index contributed by atoms with van der Waals surface area (Å²) in [6, 6.07) is 0. The summed E-state index contributed by atoms with van der Waals surface area (Å²) >= 11 is 0. The van der Waals surface area contributed by atoms with Crippen LogP contribution in [0.5, 0.6) is 0 Å². The molecule has 0 bridgehead atoms. The van der Waals surface area contributed by atoms with E-state index in [1.54, 1.807) is 0 Å². The van der Waals surface area contributed by atoms with Gasteiger partial charge in [-0.1, -0.05) is 46.0 Å². The molecule has 2 nitrogen and oxygen atoms in total. The molecule has 1 aliphatic rings. The highest BCUT2D eigenvalue weighted by atomic mass is 16.2. The van der Waals surface area contributed by atoms with Crippen LogP contribution < -0.4 is 0 Å². The largest absolute Gasteiger partial charge is 0.342 e. The normalized spacial score (nSPS) is 20.3. The quantitative estimate of drug-likeness (QED) is 0.652. The average Bonchev–Trinajstić information content (AvgIpc) is 2.24. The Labute approximate surface area is 94.0 Å². The molecular formula is C13H25NO. The van der Waals surface area contributed by atoms with E-state index in [0.717, 1.165) is 13.1 Å². The molecule has 1 aliphatic heterocycles. The zero-order valence-electron chi connectivity index (χ0n) is 10.3. The van der Waals surface area contributed by atoms with E-state index in [0.29, 0.717) is 5.91 Å². The second-order valence-electron chi connectivity index (χ2n) is 4.95. The highest BCUT2D eigenvalue weighted by molar-refractivity contribution is 5.78. The van der Waals surface area contributed by atoms with Crippen molar-refractivity contribution in [1.82, 2.24) is 4.90 Å². The highest BCUT2D eigenvalue weighted by Crippen LogP contribution is 2.13. The molecule has 1 heterocycles.